The van der Waals surface area contributed by atoms with Gasteiger partial charge in [0.15, 0.2) is 5.43 Å². The highest BCUT2D eigenvalue weighted by molar-refractivity contribution is 7.15. The van der Waals surface area contributed by atoms with Crippen LogP contribution in [-0.2, 0) is 0 Å². The summed E-state index contributed by atoms with van der Waals surface area (Å²) in [6.07, 6.45) is 1.65. The lowest BCUT2D eigenvalue weighted by Crippen LogP contribution is -2.29. The Morgan fingerprint density at radius 3 is 2.69 bits per heavy atom. The Hall–Kier alpha value is -3.49. The summed E-state index contributed by atoms with van der Waals surface area (Å²) >= 11 is 7.38. The van der Waals surface area contributed by atoms with Crippen LogP contribution in [-0.4, -0.2) is 22.7 Å². The molecule has 3 heterocycles. The van der Waals surface area contributed by atoms with Crippen LogP contribution in [0.15, 0.2) is 64.3 Å². The summed E-state index contributed by atoms with van der Waals surface area (Å²) in [5, 5.41) is 10.0. The molecule has 32 heavy (non-hydrogen) atoms. The second-order valence-electron chi connectivity index (χ2n) is 7.16. The van der Waals surface area contributed by atoms with Crippen LogP contribution in [0, 0.1) is 6.92 Å². The van der Waals surface area contributed by atoms with Crippen LogP contribution in [0.3, 0.4) is 0 Å². The predicted octanol–water partition coefficient (Wildman–Crippen LogP) is 4.92. The molecular formula is C23H16ClN3O4S. The standard InChI is InChI=1S/C23H16ClN3O4S/c1-3-10-30-15-7-4-13(5-8-15)19-18-20(28)16-11-14(24)6-9-17(16)31-21(18)22(29)27(19)23-26-25-12(2)32-23/h3-9,11,19H,1,10H2,2H3. The van der Waals surface area contributed by atoms with Crippen molar-refractivity contribution < 1.29 is 13.9 Å². The number of hydrogen-bond acceptors (Lipinski definition) is 7. The average Bonchev–Trinajstić information content (AvgIpc) is 3.34. The smallest absolute Gasteiger partial charge is 0.297 e. The van der Waals surface area contributed by atoms with Gasteiger partial charge in [0.25, 0.3) is 5.91 Å². The van der Waals surface area contributed by atoms with Crippen LogP contribution < -0.4 is 15.1 Å². The minimum atomic E-state index is -0.724. The van der Waals surface area contributed by atoms with E-state index in [0.29, 0.717) is 44.1 Å². The van der Waals surface area contributed by atoms with Gasteiger partial charge in [-0.2, -0.15) is 0 Å². The van der Waals surface area contributed by atoms with Crippen LogP contribution in [0.25, 0.3) is 11.0 Å². The Morgan fingerprint density at radius 2 is 2.00 bits per heavy atom. The van der Waals surface area contributed by atoms with Crippen molar-refractivity contribution >= 4 is 44.9 Å². The summed E-state index contributed by atoms with van der Waals surface area (Å²) < 4.78 is 11.5. The zero-order chi connectivity index (χ0) is 22.4. The van der Waals surface area contributed by atoms with Crippen LogP contribution in [0.1, 0.15) is 32.7 Å². The van der Waals surface area contributed by atoms with Crippen LogP contribution in [0.5, 0.6) is 5.75 Å². The lowest BCUT2D eigenvalue weighted by molar-refractivity contribution is 0.0970. The van der Waals surface area contributed by atoms with E-state index in [1.807, 2.05) is 12.1 Å². The van der Waals surface area contributed by atoms with Gasteiger partial charge in [0.1, 0.15) is 22.9 Å². The van der Waals surface area contributed by atoms with Gasteiger partial charge in [0.05, 0.1) is 17.0 Å². The first kappa shape index (κ1) is 20.4. The van der Waals surface area contributed by atoms with Crippen molar-refractivity contribution in [1.82, 2.24) is 10.2 Å². The molecule has 4 aromatic rings. The Kier molecular flexibility index (Phi) is 5.03. The zero-order valence-corrected chi connectivity index (χ0v) is 18.4. The molecule has 1 atom stereocenters. The fourth-order valence-corrected chi connectivity index (χ4v) is 4.63. The minimum absolute atomic E-state index is 0.00494. The molecule has 160 valence electrons. The third-order valence-corrected chi connectivity index (χ3v) is 6.19. The number of fused-ring (bicyclic) bond motifs is 2. The molecule has 0 saturated carbocycles. The topological polar surface area (TPSA) is 85.5 Å². The fourth-order valence-electron chi connectivity index (χ4n) is 3.74. The van der Waals surface area contributed by atoms with Gasteiger partial charge in [0, 0.05) is 5.02 Å². The number of anilines is 1. The Labute approximate surface area is 191 Å². The molecule has 2 aromatic heterocycles. The van der Waals surface area contributed by atoms with Gasteiger partial charge < -0.3 is 9.15 Å². The molecule has 5 rings (SSSR count). The average molecular weight is 466 g/mol. The Bertz CT molecular complexity index is 1430. The second-order valence-corrected chi connectivity index (χ2v) is 8.76. The first-order chi connectivity index (χ1) is 15.5. The van der Waals surface area contributed by atoms with E-state index in [9.17, 15) is 9.59 Å². The number of aromatic nitrogens is 2. The summed E-state index contributed by atoms with van der Waals surface area (Å²) in [6.45, 7) is 5.81. The molecule has 7 nitrogen and oxygen atoms in total. The fraction of sp³-hybridized carbons (Fsp3) is 0.130. The Morgan fingerprint density at radius 1 is 1.22 bits per heavy atom. The molecule has 0 radical (unpaired) electrons. The molecule has 1 aliphatic rings. The summed E-state index contributed by atoms with van der Waals surface area (Å²) in [7, 11) is 0. The number of rotatable bonds is 5. The largest absolute Gasteiger partial charge is 0.490 e. The first-order valence-electron chi connectivity index (χ1n) is 9.71. The van der Waals surface area contributed by atoms with Crippen molar-refractivity contribution in [2.45, 2.75) is 13.0 Å². The number of carbonyl (C=O) groups is 1. The van der Waals surface area contributed by atoms with Crippen molar-refractivity contribution in [1.29, 1.82) is 0 Å². The molecular weight excluding hydrogens is 450 g/mol. The molecule has 0 aliphatic carbocycles. The van der Waals surface area contributed by atoms with Crippen molar-refractivity contribution in [3.63, 3.8) is 0 Å². The van der Waals surface area contributed by atoms with E-state index in [1.165, 1.54) is 16.2 Å². The van der Waals surface area contributed by atoms with Crippen molar-refractivity contribution in [2.24, 2.45) is 0 Å². The van der Waals surface area contributed by atoms with Gasteiger partial charge in [-0.1, -0.05) is 47.7 Å². The molecule has 1 amide bonds. The van der Waals surface area contributed by atoms with E-state index in [1.54, 1.807) is 43.3 Å². The third-order valence-electron chi connectivity index (χ3n) is 5.12. The van der Waals surface area contributed by atoms with Gasteiger partial charge >= 0.3 is 0 Å². The van der Waals surface area contributed by atoms with Crippen LogP contribution in [0.2, 0.25) is 5.02 Å². The monoisotopic (exact) mass is 465 g/mol. The molecule has 9 heteroatoms. The van der Waals surface area contributed by atoms with E-state index in [-0.39, 0.29) is 16.8 Å². The maximum Gasteiger partial charge on any atom is 0.297 e. The molecule has 2 aromatic carbocycles. The number of nitrogens with zero attached hydrogens (tertiary/aromatic N) is 3. The van der Waals surface area contributed by atoms with E-state index in [2.05, 4.69) is 16.8 Å². The maximum atomic E-state index is 13.5. The molecule has 0 bridgehead atoms. The van der Waals surface area contributed by atoms with Crippen LogP contribution in [0.4, 0.5) is 5.13 Å². The summed E-state index contributed by atoms with van der Waals surface area (Å²) in [5.41, 5.74) is 0.952. The summed E-state index contributed by atoms with van der Waals surface area (Å²) in [4.78, 5) is 28.4. The summed E-state index contributed by atoms with van der Waals surface area (Å²) in [5.74, 6) is 0.200. The lowest BCUT2D eigenvalue weighted by atomic mass is 9.98. The number of aryl methyl sites for hydroxylation is 1. The van der Waals surface area contributed by atoms with Gasteiger partial charge in [-0.15, -0.1) is 10.2 Å². The van der Waals surface area contributed by atoms with Gasteiger partial charge in [0.2, 0.25) is 10.9 Å². The van der Waals surface area contributed by atoms with Crippen molar-refractivity contribution in [3.8, 4) is 5.75 Å². The molecule has 0 fully saturated rings. The number of carbonyl (C=O) groups excluding carboxylic acids is 1. The number of hydrogen-bond donors (Lipinski definition) is 0. The number of amides is 1. The SMILES string of the molecule is C=CCOc1ccc(C2c3c(oc4ccc(Cl)cc4c3=O)C(=O)N2c2nnc(C)s2)cc1. The highest BCUT2D eigenvalue weighted by Crippen LogP contribution is 2.42. The molecule has 0 spiro atoms. The lowest BCUT2D eigenvalue weighted by Gasteiger charge is -2.22. The van der Waals surface area contributed by atoms with E-state index >= 15 is 0 Å². The number of ether oxygens (including phenoxy) is 1. The van der Waals surface area contributed by atoms with Gasteiger partial charge in [-0.05, 0) is 42.8 Å². The van der Waals surface area contributed by atoms with Crippen LogP contribution >= 0.6 is 22.9 Å². The second kappa shape index (κ2) is 7.89. The highest BCUT2D eigenvalue weighted by atomic mass is 35.5. The van der Waals surface area contributed by atoms with Gasteiger partial charge in [-0.25, -0.2) is 0 Å². The van der Waals surface area contributed by atoms with E-state index in [4.69, 9.17) is 20.8 Å². The van der Waals surface area contributed by atoms with Gasteiger partial charge in [-0.3, -0.25) is 14.5 Å². The van der Waals surface area contributed by atoms with Crippen molar-refractivity contribution in [3.05, 3.63) is 92.3 Å². The highest BCUT2D eigenvalue weighted by Gasteiger charge is 2.45. The normalized spacial score (nSPS) is 15.2. The van der Waals surface area contributed by atoms with E-state index in [0.717, 1.165) is 0 Å². The molecule has 0 saturated heterocycles. The minimum Gasteiger partial charge on any atom is -0.490 e. The third kappa shape index (κ3) is 3.28. The zero-order valence-electron chi connectivity index (χ0n) is 16.9. The van der Waals surface area contributed by atoms with Crippen molar-refractivity contribution in [2.75, 3.05) is 11.5 Å². The maximum absolute atomic E-state index is 13.5. The molecule has 1 unspecified atom stereocenters. The molecule has 1 aliphatic heterocycles. The Balaban J connectivity index is 1.72. The first-order valence-corrected chi connectivity index (χ1v) is 10.9. The molecule has 0 N–H and O–H groups in total. The quantitative estimate of drug-likeness (QED) is 0.389. The number of halogens is 1. The van der Waals surface area contributed by atoms with E-state index < -0.39 is 11.9 Å². The summed E-state index contributed by atoms with van der Waals surface area (Å²) in [6, 6.07) is 11.2. The number of benzene rings is 2. The predicted molar refractivity (Wildman–Crippen MR) is 123 cm³/mol.